The van der Waals surface area contributed by atoms with Crippen molar-refractivity contribution in [2.75, 3.05) is 5.73 Å². The quantitative estimate of drug-likeness (QED) is 0.808. The van der Waals surface area contributed by atoms with Crippen LogP contribution in [0.2, 0.25) is 5.02 Å². The molecular formula is C10H7ClFN3. The largest absolute Gasteiger partial charge is 0.382 e. The summed E-state index contributed by atoms with van der Waals surface area (Å²) in [6.07, 6.45) is 0. The molecule has 0 aliphatic carbocycles. The lowest BCUT2D eigenvalue weighted by molar-refractivity contribution is 0.628. The van der Waals surface area contributed by atoms with Gasteiger partial charge >= 0.3 is 0 Å². The average molecular weight is 224 g/mol. The minimum atomic E-state index is -0.382. The smallest absolute Gasteiger partial charge is 0.146 e. The zero-order valence-corrected chi connectivity index (χ0v) is 8.37. The number of nitrogens with zero attached hydrogens (tertiary/aromatic N) is 2. The van der Waals surface area contributed by atoms with Crippen molar-refractivity contribution in [3.05, 3.63) is 41.2 Å². The Balaban J connectivity index is 2.49. The minimum absolute atomic E-state index is 0.300. The lowest BCUT2D eigenvalue weighted by atomic mass is 10.1. The molecule has 0 radical (unpaired) electrons. The molecule has 0 spiro atoms. The van der Waals surface area contributed by atoms with Crippen molar-refractivity contribution >= 4 is 17.4 Å². The zero-order chi connectivity index (χ0) is 10.8. The van der Waals surface area contributed by atoms with E-state index in [2.05, 4.69) is 10.2 Å². The normalized spacial score (nSPS) is 10.3. The lowest BCUT2D eigenvalue weighted by Crippen LogP contribution is -1.94. The highest BCUT2D eigenvalue weighted by Crippen LogP contribution is 2.26. The summed E-state index contributed by atoms with van der Waals surface area (Å²) in [7, 11) is 0. The highest BCUT2D eigenvalue weighted by atomic mass is 35.5. The van der Waals surface area contributed by atoms with Crippen LogP contribution in [0.4, 0.5) is 10.2 Å². The molecule has 1 aromatic heterocycles. The Kier molecular flexibility index (Phi) is 2.51. The minimum Gasteiger partial charge on any atom is -0.382 e. The molecule has 0 amide bonds. The van der Waals surface area contributed by atoms with Gasteiger partial charge in [-0.3, -0.25) is 0 Å². The Bertz CT molecular complexity index is 485. The van der Waals surface area contributed by atoms with Gasteiger partial charge in [0.2, 0.25) is 0 Å². The van der Waals surface area contributed by atoms with E-state index in [1.54, 1.807) is 18.2 Å². The van der Waals surface area contributed by atoms with Gasteiger partial charge in [-0.2, -0.15) is 0 Å². The second-order valence-electron chi connectivity index (χ2n) is 2.97. The van der Waals surface area contributed by atoms with E-state index in [4.69, 9.17) is 17.3 Å². The van der Waals surface area contributed by atoms with E-state index in [1.165, 1.54) is 12.1 Å². The maximum atomic E-state index is 12.8. The van der Waals surface area contributed by atoms with Gasteiger partial charge in [-0.25, -0.2) is 4.39 Å². The van der Waals surface area contributed by atoms with Crippen LogP contribution in [0.5, 0.6) is 0 Å². The highest BCUT2D eigenvalue weighted by molar-refractivity contribution is 6.33. The standard InChI is InChI=1S/C10H7ClFN3/c11-8-5-6(12)1-2-7(8)9-3-4-10(13)15-14-9/h1-5H,(H2,13,15). The van der Waals surface area contributed by atoms with Crippen LogP contribution in [-0.4, -0.2) is 10.2 Å². The van der Waals surface area contributed by atoms with Crippen LogP contribution in [0.15, 0.2) is 30.3 Å². The summed E-state index contributed by atoms with van der Waals surface area (Å²) < 4.78 is 12.8. The van der Waals surface area contributed by atoms with Gasteiger partial charge in [-0.1, -0.05) is 11.6 Å². The summed E-state index contributed by atoms with van der Waals surface area (Å²) in [5.41, 5.74) is 6.59. The molecule has 1 heterocycles. The van der Waals surface area contributed by atoms with Crippen molar-refractivity contribution in [1.82, 2.24) is 10.2 Å². The number of nitrogens with two attached hydrogens (primary N) is 1. The molecule has 2 aromatic rings. The fraction of sp³-hybridized carbons (Fsp3) is 0. The van der Waals surface area contributed by atoms with Crippen molar-refractivity contribution in [1.29, 1.82) is 0 Å². The molecule has 15 heavy (non-hydrogen) atoms. The molecule has 76 valence electrons. The summed E-state index contributed by atoms with van der Waals surface area (Å²) in [6, 6.07) is 7.40. The van der Waals surface area contributed by atoms with Gasteiger partial charge in [0.25, 0.3) is 0 Å². The number of rotatable bonds is 1. The van der Waals surface area contributed by atoms with E-state index >= 15 is 0 Å². The Hall–Kier alpha value is -1.68. The van der Waals surface area contributed by atoms with E-state index in [1.807, 2.05) is 0 Å². The fourth-order valence-electron chi connectivity index (χ4n) is 1.18. The number of anilines is 1. The zero-order valence-electron chi connectivity index (χ0n) is 7.61. The van der Waals surface area contributed by atoms with Crippen LogP contribution < -0.4 is 5.73 Å². The molecule has 1 aromatic carbocycles. The molecular weight excluding hydrogens is 217 g/mol. The highest BCUT2D eigenvalue weighted by Gasteiger charge is 2.06. The summed E-state index contributed by atoms with van der Waals surface area (Å²) in [5, 5.41) is 7.85. The Morgan fingerprint density at radius 2 is 1.93 bits per heavy atom. The number of halogens is 2. The summed E-state index contributed by atoms with van der Waals surface area (Å²) in [6.45, 7) is 0. The molecule has 2 rings (SSSR count). The molecule has 0 unspecified atom stereocenters. The van der Waals surface area contributed by atoms with Gasteiger partial charge < -0.3 is 5.73 Å². The van der Waals surface area contributed by atoms with Gasteiger partial charge in [0.15, 0.2) is 0 Å². The number of hydrogen-bond donors (Lipinski definition) is 1. The van der Waals surface area contributed by atoms with Crippen LogP contribution in [0.25, 0.3) is 11.3 Å². The second kappa shape index (κ2) is 3.82. The Labute approximate surface area is 90.7 Å². The third kappa shape index (κ3) is 2.05. The molecule has 0 fully saturated rings. The second-order valence-corrected chi connectivity index (χ2v) is 3.37. The average Bonchev–Trinajstić information content (AvgIpc) is 2.20. The first-order valence-electron chi connectivity index (χ1n) is 4.21. The van der Waals surface area contributed by atoms with Crippen LogP contribution >= 0.6 is 11.6 Å². The van der Waals surface area contributed by atoms with Crippen LogP contribution in [0.3, 0.4) is 0 Å². The molecule has 0 bridgehead atoms. The number of hydrogen-bond acceptors (Lipinski definition) is 3. The monoisotopic (exact) mass is 223 g/mol. The van der Waals surface area contributed by atoms with Crippen molar-refractivity contribution in [2.45, 2.75) is 0 Å². The molecule has 0 saturated heterocycles. The van der Waals surface area contributed by atoms with Crippen molar-refractivity contribution < 1.29 is 4.39 Å². The first-order valence-corrected chi connectivity index (χ1v) is 4.59. The van der Waals surface area contributed by atoms with E-state index in [9.17, 15) is 4.39 Å². The van der Waals surface area contributed by atoms with E-state index < -0.39 is 0 Å². The molecule has 0 aliphatic heterocycles. The van der Waals surface area contributed by atoms with Crippen LogP contribution in [-0.2, 0) is 0 Å². The molecule has 3 nitrogen and oxygen atoms in total. The first-order chi connectivity index (χ1) is 7.16. The van der Waals surface area contributed by atoms with E-state index in [0.29, 0.717) is 22.1 Å². The Morgan fingerprint density at radius 1 is 1.13 bits per heavy atom. The topological polar surface area (TPSA) is 51.8 Å². The van der Waals surface area contributed by atoms with Gasteiger partial charge in [-0.05, 0) is 30.3 Å². The number of nitrogen functional groups attached to an aromatic ring is 1. The fourth-order valence-corrected chi connectivity index (χ4v) is 1.45. The summed E-state index contributed by atoms with van der Waals surface area (Å²) in [5.74, 6) is -0.0517. The van der Waals surface area contributed by atoms with E-state index in [0.717, 1.165) is 0 Å². The molecule has 0 atom stereocenters. The number of aromatic nitrogens is 2. The maximum absolute atomic E-state index is 12.8. The van der Waals surface area contributed by atoms with Gasteiger partial charge in [0.05, 0.1) is 10.7 Å². The molecule has 5 heteroatoms. The van der Waals surface area contributed by atoms with Crippen molar-refractivity contribution in [2.24, 2.45) is 0 Å². The molecule has 0 saturated carbocycles. The third-order valence-corrected chi connectivity index (χ3v) is 2.20. The van der Waals surface area contributed by atoms with Gasteiger partial charge in [-0.15, -0.1) is 10.2 Å². The number of benzene rings is 1. The third-order valence-electron chi connectivity index (χ3n) is 1.89. The van der Waals surface area contributed by atoms with Crippen molar-refractivity contribution in [3.8, 4) is 11.3 Å². The van der Waals surface area contributed by atoms with Crippen LogP contribution in [0.1, 0.15) is 0 Å². The van der Waals surface area contributed by atoms with Crippen LogP contribution in [0, 0.1) is 5.82 Å². The van der Waals surface area contributed by atoms with Crippen molar-refractivity contribution in [3.63, 3.8) is 0 Å². The Morgan fingerprint density at radius 3 is 2.53 bits per heavy atom. The van der Waals surface area contributed by atoms with Gasteiger partial charge in [0.1, 0.15) is 11.6 Å². The van der Waals surface area contributed by atoms with Gasteiger partial charge in [0, 0.05) is 5.56 Å². The molecule has 2 N–H and O–H groups in total. The predicted molar refractivity (Wildman–Crippen MR) is 56.8 cm³/mol. The predicted octanol–water partition coefficient (Wildman–Crippen LogP) is 2.52. The SMILES string of the molecule is Nc1ccc(-c2ccc(F)cc2Cl)nn1. The first kappa shape index (κ1) is 9.86. The molecule has 0 aliphatic rings. The lowest BCUT2D eigenvalue weighted by Gasteiger charge is -2.02. The summed E-state index contributed by atoms with van der Waals surface area (Å²) >= 11 is 5.86. The van der Waals surface area contributed by atoms with E-state index in [-0.39, 0.29) is 5.82 Å². The summed E-state index contributed by atoms with van der Waals surface area (Å²) in [4.78, 5) is 0. The maximum Gasteiger partial charge on any atom is 0.146 e.